The summed E-state index contributed by atoms with van der Waals surface area (Å²) in [5.41, 5.74) is 1.19. The summed E-state index contributed by atoms with van der Waals surface area (Å²) in [5, 5.41) is 19.1. The van der Waals surface area contributed by atoms with Gasteiger partial charge in [-0.25, -0.2) is 9.59 Å². The highest BCUT2D eigenvalue weighted by Gasteiger charge is 2.11. The van der Waals surface area contributed by atoms with Gasteiger partial charge in [0.1, 0.15) is 0 Å². The number of aromatic carboxylic acids is 2. The SMILES string of the molecule is Cc1ccc(C(=O)O)c2ccc(C(=O)O)cc12. The number of aryl methyl sites for hydroxylation is 1. The molecule has 0 heterocycles. The van der Waals surface area contributed by atoms with Gasteiger partial charge in [-0.15, -0.1) is 0 Å². The van der Waals surface area contributed by atoms with Crippen LogP contribution in [0.4, 0.5) is 0 Å². The Labute approximate surface area is 97.1 Å². The molecule has 4 nitrogen and oxygen atoms in total. The molecule has 0 fully saturated rings. The molecule has 0 atom stereocenters. The van der Waals surface area contributed by atoms with E-state index in [4.69, 9.17) is 10.2 Å². The largest absolute Gasteiger partial charge is 0.478 e. The third-order valence-electron chi connectivity index (χ3n) is 2.71. The number of carboxylic acid groups (broad SMARTS) is 2. The van der Waals surface area contributed by atoms with Crippen LogP contribution in [-0.4, -0.2) is 22.2 Å². The first-order chi connectivity index (χ1) is 8.00. The van der Waals surface area contributed by atoms with Crippen molar-refractivity contribution in [3.63, 3.8) is 0 Å². The molecule has 0 radical (unpaired) electrons. The molecule has 2 aromatic rings. The van der Waals surface area contributed by atoms with Gasteiger partial charge in [0.2, 0.25) is 0 Å². The first-order valence-electron chi connectivity index (χ1n) is 5.00. The van der Waals surface area contributed by atoms with E-state index in [2.05, 4.69) is 0 Å². The van der Waals surface area contributed by atoms with E-state index in [1.807, 2.05) is 6.92 Å². The van der Waals surface area contributed by atoms with Gasteiger partial charge in [-0.2, -0.15) is 0 Å². The third-order valence-corrected chi connectivity index (χ3v) is 2.71. The molecule has 0 bridgehead atoms. The fraction of sp³-hybridized carbons (Fsp3) is 0.0769. The first kappa shape index (κ1) is 11.1. The molecule has 2 rings (SSSR count). The lowest BCUT2D eigenvalue weighted by Crippen LogP contribution is -2.00. The van der Waals surface area contributed by atoms with Crippen LogP contribution in [-0.2, 0) is 0 Å². The zero-order chi connectivity index (χ0) is 12.6. The molecule has 0 saturated carbocycles. The molecule has 0 saturated heterocycles. The van der Waals surface area contributed by atoms with Crippen LogP contribution in [0.1, 0.15) is 26.3 Å². The zero-order valence-electron chi connectivity index (χ0n) is 9.10. The molecule has 2 N–H and O–H groups in total. The maximum absolute atomic E-state index is 11.0. The molecule has 17 heavy (non-hydrogen) atoms. The number of carboxylic acids is 2. The van der Waals surface area contributed by atoms with E-state index in [0.29, 0.717) is 10.8 Å². The van der Waals surface area contributed by atoms with Crippen molar-refractivity contribution in [1.82, 2.24) is 0 Å². The predicted molar refractivity (Wildman–Crippen MR) is 62.6 cm³/mol. The second-order valence-corrected chi connectivity index (χ2v) is 3.80. The molecule has 2 aromatic carbocycles. The van der Waals surface area contributed by atoms with E-state index in [-0.39, 0.29) is 11.1 Å². The van der Waals surface area contributed by atoms with E-state index in [1.165, 1.54) is 24.3 Å². The molecule has 0 amide bonds. The lowest BCUT2D eigenvalue weighted by atomic mass is 9.98. The van der Waals surface area contributed by atoms with Crippen molar-refractivity contribution in [2.45, 2.75) is 6.92 Å². The third kappa shape index (κ3) is 1.85. The summed E-state index contributed by atoms with van der Waals surface area (Å²) < 4.78 is 0. The van der Waals surface area contributed by atoms with E-state index in [0.717, 1.165) is 5.56 Å². The van der Waals surface area contributed by atoms with Gasteiger partial charge in [0.05, 0.1) is 11.1 Å². The molecule has 0 unspecified atom stereocenters. The normalized spacial score (nSPS) is 10.4. The van der Waals surface area contributed by atoms with Crippen LogP contribution in [0.3, 0.4) is 0 Å². The van der Waals surface area contributed by atoms with Gasteiger partial charge in [0.25, 0.3) is 0 Å². The molecular weight excluding hydrogens is 220 g/mol. The molecule has 0 aliphatic carbocycles. The van der Waals surface area contributed by atoms with Crippen LogP contribution >= 0.6 is 0 Å². The predicted octanol–water partition coefficient (Wildman–Crippen LogP) is 2.54. The first-order valence-corrected chi connectivity index (χ1v) is 5.00. The molecule has 4 heteroatoms. The second kappa shape index (κ2) is 3.90. The molecular formula is C13H10O4. The van der Waals surface area contributed by atoms with E-state index < -0.39 is 11.9 Å². The molecule has 0 spiro atoms. The van der Waals surface area contributed by atoms with Crippen molar-refractivity contribution in [2.24, 2.45) is 0 Å². The lowest BCUT2D eigenvalue weighted by Gasteiger charge is -2.06. The van der Waals surface area contributed by atoms with Gasteiger partial charge in [0.15, 0.2) is 0 Å². The number of hydrogen-bond donors (Lipinski definition) is 2. The number of fused-ring (bicyclic) bond motifs is 1. The molecule has 86 valence electrons. The van der Waals surface area contributed by atoms with Gasteiger partial charge < -0.3 is 10.2 Å². The van der Waals surface area contributed by atoms with E-state index in [9.17, 15) is 9.59 Å². The van der Waals surface area contributed by atoms with Crippen LogP contribution < -0.4 is 0 Å². The summed E-state index contributed by atoms with van der Waals surface area (Å²) in [6.45, 7) is 1.82. The highest BCUT2D eigenvalue weighted by atomic mass is 16.4. The summed E-state index contributed by atoms with van der Waals surface area (Å²) in [7, 11) is 0. The topological polar surface area (TPSA) is 74.6 Å². The molecule has 0 aliphatic heterocycles. The highest BCUT2D eigenvalue weighted by molar-refractivity contribution is 6.06. The second-order valence-electron chi connectivity index (χ2n) is 3.80. The Morgan fingerprint density at radius 1 is 0.941 bits per heavy atom. The Morgan fingerprint density at radius 2 is 1.65 bits per heavy atom. The minimum atomic E-state index is -1.02. The monoisotopic (exact) mass is 230 g/mol. The van der Waals surface area contributed by atoms with Crippen LogP contribution in [0.2, 0.25) is 0 Å². The Hall–Kier alpha value is -2.36. The Morgan fingerprint density at radius 3 is 2.24 bits per heavy atom. The van der Waals surface area contributed by atoms with Gasteiger partial charge >= 0.3 is 11.9 Å². The Kier molecular flexibility index (Phi) is 2.55. The lowest BCUT2D eigenvalue weighted by molar-refractivity contribution is 0.0688. The van der Waals surface area contributed by atoms with Crippen LogP contribution in [0.15, 0.2) is 30.3 Å². The van der Waals surface area contributed by atoms with Crippen LogP contribution in [0, 0.1) is 6.92 Å². The van der Waals surface area contributed by atoms with Crippen molar-refractivity contribution >= 4 is 22.7 Å². The molecule has 0 aromatic heterocycles. The van der Waals surface area contributed by atoms with Crippen LogP contribution in [0.25, 0.3) is 10.8 Å². The standard InChI is InChI=1S/C13H10O4/c1-7-2-4-10(13(16)17)9-5-3-8(12(14)15)6-11(7)9/h2-6H,1H3,(H,14,15)(H,16,17). The van der Waals surface area contributed by atoms with E-state index >= 15 is 0 Å². The maximum atomic E-state index is 11.0. The molecule has 0 aliphatic rings. The average molecular weight is 230 g/mol. The number of hydrogen-bond acceptors (Lipinski definition) is 2. The van der Waals surface area contributed by atoms with Gasteiger partial charge in [-0.3, -0.25) is 0 Å². The number of benzene rings is 2. The summed E-state index contributed by atoms with van der Waals surface area (Å²) in [5.74, 6) is -2.04. The minimum absolute atomic E-state index is 0.156. The van der Waals surface area contributed by atoms with Gasteiger partial charge in [0, 0.05) is 0 Å². The van der Waals surface area contributed by atoms with Crippen molar-refractivity contribution in [2.75, 3.05) is 0 Å². The van der Waals surface area contributed by atoms with Gasteiger partial charge in [-0.05, 0) is 41.5 Å². The number of carbonyl (C=O) groups is 2. The van der Waals surface area contributed by atoms with Crippen molar-refractivity contribution in [1.29, 1.82) is 0 Å². The minimum Gasteiger partial charge on any atom is -0.478 e. The average Bonchev–Trinajstić information content (AvgIpc) is 2.28. The Balaban J connectivity index is 2.82. The number of rotatable bonds is 2. The summed E-state index contributed by atoms with van der Waals surface area (Å²) >= 11 is 0. The van der Waals surface area contributed by atoms with Gasteiger partial charge in [-0.1, -0.05) is 12.1 Å². The fourth-order valence-corrected chi connectivity index (χ4v) is 1.81. The summed E-state index contributed by atoms with van der Waals surface area (Å²) in [6.07, 6.45) is 0. The summed E-state index contributed by atoms with van der Waals surface area (Å²) in [4.78, 5) is 21.9. The fourth-order valence-electron chi connectivity index (χ4n) is 1.81. The van der Waals surface area contributed by atoms with Crippen LogP contribution in [0.5, 0.6) is 0 Å². The highest BCUT2D eigenvalue weighted by Crippen LogP contribution is 2.24. The Bertz CT molecular complexity index is 629. The van der Waals surface area contributed by atoms with Crippen molar-refractivity contribution in [3.8, 4) is 0 Å². The quantitative estimate of drug-likeness (QED) is 0.831. The van der Waals surface area contributed by atoms with E-state index in [1.54, 1.807) is 6.07 Å². The van der Waals surface area contributed by atoms with Crippen molar-refractivity contribution < 1.29 is 19.8 Å². The maximum Gasteiger partial charge on any atom is 0.336 e. The zero-order valence-corrected chi connectivity index (χ0v) is 9.10. The summed E-state index contributed by atoms with van der Waals surface area (Å²) in [6, 6.07) is 7.66. The van der Waals surface area contributed by atoms with Crippen molar-refractivity contribution in [3.05, 3.63) is 47.0 Å². The smallest absolute Gasteiger partial charge is 0.336 e.